The number of unbranched alkanes of at least 4 members (excludes halogenated alkanes) is 15. The molecular weight excluding hydrogens is 458 g/mol. The van der Waals surface area contributed by atoms with Crippen molar-refractivity contribution in [2.75, 3.05) is 20.3 Å². The van der Waals surface area contributed by atoms with Gasteiger partial charge in [0.1, 0.15) is 5.54 Å². The first-order chi connectivity index (χ1) is 18.0. The lowest BCUT2D eigenvalue weighted by atomic mass is 9.77. The molecule has 0 aromatic carbocycles. The molecule has 0 spiro atoms. The maximum atomic E-state index is 13.3. The molecule has 1 heterocycles. The highest BCUT2D eigenvalue weighted by Gasteiger charge is 2.52. The van der Waals surface area contributed by atoms with E-state index in [4.69, 9.17) is 0 Å². The molecule has 0 aromatic rings. The van der Waals surface area contributed by atoms with Gasteiger partial charge in [-0.15, -0.1) is 0 Å². The molecule has 3 amide bonds. The highest BCUT2D eigenvalue weighted by atomic mass is 16.2. The second-order valence-electron chi connectivity index (χ2n) is 12.4. The summed E-state index contributed by atoms with van der Waals surface area (Å²) in [6.45, 7) is 5.60. The molecule has 1 saturated heterocycles. The van der Waals surface area contributed by atoms with E-state index in [9.17, 15) is 9.59 Å². The van der Waals surface area contributed by atoms with Crippen molar-refractivity contribution in [2.45, 2.75) is 167 Å². The minimum absolute atomic E-state index is 0.0121. The van der Waals surface area contributed by atoms with Crippen molar-refractivity contribution in [3.8, 4) is 0 Å². The number of urea groups is 1. The van der Waals surface area contributed by atoms with Gasteiger partial charge in [-0.3, -0.25) is 9.69 Å². The van der Waals surface area contributed by atoms with Gasteiger partial charge in [0, 0.05) is 0 Å². The average Bonchev–Trinajstić information content (AvgIpc) is 3.07. The monoisotopic (exact) mass is 519 g/mol. The molecule has 1 N–H and O–H groups in total. The Hall–Kier alpha value is -1.10. The van der Waals surface area contributed by atoms with Gasteiger partial charge in [-0.1, -0.05) is 135 Å². The van der Waals surface area contributed by atoms with E-state index in [0.717, 1.165) is 25.8 Å². The first-order valence-electron chi connectivity index (χ1n) is 16.3. The van der Waals surface area contributed by atoms with Gasteiger partial charge in [-0.05, 0) is 45.7 Å². The third-order valence-electron chi connectivity index (χ3n) is 9.00. The summed E-state index contributed by atoms with van der Waals surface area (Å²) in [4.78, 5) is 29.6. The van der Waals surface area contributed by atoms with Gasteiger partial charge in [0.25, 0.3) is 5.91 Å². The Bertz CT molecular complexity index is 617. The molecule has 5 nitrogen and oxygen atoms in total. The van der Waals surface area contributed by atoms with Gasteiger partial charge in [0.05, 0.1) is 6.67 Å². The second-order valence-corrected chi connectivity index (χ2v) is 12.4. The molecule has 2 aliphatic rings. The van der Waals surface area contributed by atoms with E-state index in [1.54, 1.807) is 0 Å². The van der Waals surface area contributed by atoms with Crippen LogP contribution in [-0.4, -0.2) is 47.5 Å². The Kier molecular flexibility index (Phi) is 16.5. The molecule has 2 fully saturated rings. The second kappa shape index (κ2) is 19.0. The summed E-state index contributed by atoms with van der Waals surface area (Å²) in [6.07, 6.45) is 30.2. The highest BCUT2D eigenvalue weighted by Crippen LogP contribution is 2.35. The van der Waals surface area contributed by atoms with Gasteiger partial charge in [0.15, 0.2) is 0 Å². The minimum atomic E-state index is -0.719. The van der Waals surface area contributed by atoms with Crippen LogP contribution in [0.3, 0.4) is 0 Å². The molecule has 0 bridgehead atoms. The van der Waals surface area contributed by atoms with Gasteiger partial charge >= 0.3 is 6.03 Å². The van der Waals surface area contributed by atoms with Crippen LogP contribution < -0.4 is 5.32 Å². The summed E-state index contributed by atoms with van der Waals surface area (Å²) in [5.74, 6) is 0.252. The number of rotatable bonds is 20. The molecule has 2 rings (SSSR count). The maximum absolute atomic E-state index is 13.3. The molecule has 37 heavy (non-hydrogen) atoms. The van der Waals surface area contributed by atoms with Crippen molar-refractivity contribution in [3.05, 3.63) is 0 Å². The molecule has 216 valence electrons. The normalized spacial score (nSPS) is 21.5. The average molecular weight is 520 g/mol. The number of hydrogen-bond acceptors (Lipinski definition) is 3. The van der Waals surface area contributed by atoms with Crippen molar-refractivity contribution >= 4 is 11.9 Å². The molecule has 1 unspecified atom stereocenters. The number of hydrogen-bond donors (Lipinski definition) is 1. The topological polar surface area (TPSA) is 52.6 Å². The Morgan fingerprint density at radius 2 is 1.16 bits per heavy atom. The fourth-order valence-corrected chi connectivity index (χ4v) is 6.40. The molecule has 1 atom stereocenters. The largest absolute Gasteiger partial charge is 0.326 e. The predicted molar refractivity (Wildman–Crippen MR) is 157 cm³/mol. The molecule has 1 aliphatic carbocycles. The van der Waals surface area contributed by atoms with E-state index in [2.05, 4.69) is 17.1 Å². The zero-order valence-corrected chi connectivity index (χ0v) is 25.0. The highest BCUT2D eigenvalue weighted by molar-refractivity contribution is 6.06. The summed E-state index contributed by atoms with van der Waals surface area (Å²) in [6, 6.07) is -0.201. The van der Waals surface area contributed by atoms with E-state index in [1.165, 1.54) is 133 Å². The van der Waals surface area contributed by atoms with Crippen LogP contribution >= 0.6 is 0 Å². The number of nitrogens with one attached hydrogen (secondary N) is 1. The number of amides is 3. The van der Waals surface area contributed by atoms with Gasteiger partial charge in [0.2, 0.25) is 0 Å². The lowest BCUT2D eigenvalue weighted by Crippen LogP contribution is -2.51. The van der Waals surface area contributed by atoms with Crippen LogP contribution in [0.5, 0.6) is 0 Å². The van der Waals surface area contributed by atoms with Crippen LogP contribution in [0.2, 0.25) is 0 Å². The Labute approximate surface area is 229 Å². The van der Waals surface area contributed by atoms with Crippen LogP contribution in [0.25, 0.3) is 0 Å². The van der Waals surface area contributed by atoms with Crippen molar-refractivity contribution in [1.82, 2.24) is 15.1 Å². The van der Waals surface area contributed by atoms with Crippen molar-refractivity contribution in [1.29, 1.82) is 0 Å². The summed E-state index contributed by atoms with van der Waals surface area (Å²) in [5, 5.41) is 3.09. The Morgan fingerprint density at radius 3 is 1.65 bits per heavy atom. The quantitative estimate of drug-likeness (QED) is 0.129. The number of carbonyl (C=O) groups excluding carboxylic acids is 2. The Morgan fingerprint density at radius 1 is 0.730 bits per heavy atom. The first kappa shape index (κ1) is 32.1. The minimum Gasteiger partial charge on any atom is -0.323 e. The summed E-state index contributed by atoms with van der Waals surface area (Å²) >= 11 is 0. The predicted octanol–water partition coefficient (Wildman–Crippen LogP) is 8.81. The standard InChI is InChI=1S/C32H61N3O2/c1-4-5-6-7-8-9-10-11-12-13-14-15-16-17-21-24-27-34(3)28-35-30(36)32(2,33-31(35)37)29-25-22-19-18-20-23-26-29/h29H,4-28H2,1-3H3,(H,33,37). The maximum Gasteiger partial charge on any atom is 0.326 e. The fraction of sp³-hybridized carbons (Fsp3) is 0.938. The zero-order chi connectivity index (χ0) is 26.8. The number of imide groups is 1. The van der Waals surface area contributed by atoms with Gasteiger partial charge in [-0.25, -0.2) is 9.69 Å². The van der Waals surface area contributed by atoms with Crippen LogP contribution in [0, 0.1) is 5.92 Å². The molecule has 0 aromatic heterocycles. The van der Waals surface area contributed by atoms with Crippen molar-refractivity contribution in [3.63, 3.8) is 0 Å². The smallest absolute Gasteiger partial charge is 0.323 e. The fourth-order valence-electron chi connectivity index (χ4n) is 6.40. The SMILES string of the molecule is CCCCCCCCCCCCCCCCCCN(C)CN1C(=O)NC(C)(C2CCCCCCC2)C1=O. The van der Waals surface area contributed by atoms with E-state index in [0.29, 0.717) is 6.67 Å². The summed E-state index contributed by atoms with van der Waals surface area (Å²) in [5.41, 5.74) is -0.719. The van der Waals surface area contributed by atoms with Crippen LogP contribution in [-0.2, 0) is 4.79 Å². The van der Waals surface area contributed by atoms with Crippen molar-refractivity contribution in [2.24, 2.45) is 5.92 Å². The Balaban J connectivity index is 1.48. The van der Waals surface area contributed by atoms with Crippen LogP contribution in [0.15, 0.2) is 0 Å². The van der Waals surface area contributed by atoms with Gasteiger partial charge in [-0.2, -0.15) is 0 Å². The molecular formula is C32H61N3O2. The van der Waals surface area contributed by atoms with Crippen LogP contribution in [0.4, 0.5) is 4.79 Å². The molecule has 5 heteroatoms. The van der Waals surface area contributed by atoms with E-state index in [-0.39, 0.29) is 17.9 Å². The van der Waals surface area contributed by atoms with E-state index >= 15 is 0 Å². The number of nitrogens with zero attached hydrogens (tertiary/aromatic N) is 2. The summed E-state index contributed by atoms with van der Waals surface area (Å²) in [7, 11) is 2.04. The van der Waals surface area contributed by atoms with Crippen LogP contribution in [0.1, 0.15) is 162 Å². The van der Waals surface area contributed by atoms with E-state index < -0.39 is 5.54 Å². The van der Waals surface area contributed by atoms with Crippen molar-refractivity contribution < 1.29 is 9.59 Å². The summed E-state index contributed by atoms with van der Waals surface area (Å²) < 4.78 is 0. The third kappa shape index (κ3) is 12.1. The number of carbonyl (C=O) groups is 2. The molecule has 0 radical (unpaired) electrons. The lowest BCUT2D eigenvalue weighted by molar-refractivity contribution is -0.134. The lowest BCUT2D eigenvalue weighted by Gasteiger charge is -2.33. The van der Waals surface area contributed by atoms with E-state index in [1.807, 2.05) is 14.0 Å². The van der Waals surface area contributed by atoms with Gasteiger partial charge < -0.3 is 5.32 Å². The molecule has 1 saturated carbocycles. The third-order valence-corrected chi connectivity index (χ3v) is 9.00. The molecule has 1 aliphatic heterocycles. The first-order valence-corrected chi connectivity index (χ1v) is 16.3. The zero-order valence-electron chi connectivity index (χ0n) is 25.0.